The van der Waals surface area contributed by atoms with Crippen molar-refractivity contribution in [3.8, 4) is 5.75 Å². The van der Waals surface area contributed by atoms with Gasteiger partial charge >= 0.3 is 6.18 Å². The fraction of sp³-hybridized carbons (Fsp3) is 0.238. The molecule has 0 radical (unpaired) electrons. The fourth-order valence-corrected chi connectivity index (χ4v) is 4.67. The topological polar surface area (TPSA) is 81.9 Å². The summed E-state index contributed by atoms with van der Waals surface area (Å²) in [4.78, 5) is 16.7. The van der Waals surface area contributed by atoms with Crippen LogP contribution >= 0.6 is 23.1 Å². The molecule has 2 aromatic carbocycles. The third-order valence-electron chi connectivity index (χ3n) is 4.51. The van der Waals surface area contributed by atoms with Crippen LogP contribution in [0.1, 0.15) is 18.3 Å². The molecule has 12 heteroatoms. The number of ether oxygens (including phenoxy) is 1. The molecule has 4 aromatic rings. The lowest BCUT2D eigenvalue weighted by atomic mass is 10.2. The predicted octanol–water partition coefficient (Wildman–Crippen LogP) is 5.24. The minimum absolute atomic E-state index is 0.0549. The maximum absolute atomic E-state index is 12.9. The van der Waals surface area contributed by atoms with E-state index in [1.807, 2.05) is 31.2 Å². The van der Waals surface area contributed by atoms with Crippen LogP contribution in [0, 0.1) is 0 Å². The molecule has 33 heavy (non-hydrogen) atoms. The second-order valence-corrected chi connectivity index (χ2v) is 8.75. The number of fused-ring (bicyclic) bond motifs is 1. The van der Waals surface area contributed by atoms with Crippen LogP contribution in [0.2, 0.25) is 0 Å². The molecule has 0 saturated heterocycles. The zero-order valence-electron chi connectivity index (χ0n) is 17.3. The number of nitrogens with zero attached hydrogens (tertiary/aromatic N) is 4. The number of anilines is 1. The van der Waals surface area contributed by atoms with Gasteiger partial charge in [-0.25, -0.2) is 4.98 Å². The first-order chi connectivity index (χ1) is 15.8. The van der Waals surface area contributed by atoms with Gasteiger partial charge in [0.15, 0.2) is 16.1 Å². The Morgan fingerprint density at radius 3 is 2.76 bits per heavy atom. The molecule has 4 rings (SSSR count). The Bertz CT molecular complexity index is 1240. The van der Waals surface area contributed by atoms with Crippen LogP contribution in [0.15, 0.2) is 53.7 Å². The number of rotatable bonds is 8. The van der Waals surface area contributed by atoms with Gasteiger partial charge in [0, 0.05) is 6.54 Å². The van der Waals surface area contributed by atoms with Gasteiger partial charge in [-0.05, 0) is 37.3 Å². The Morgan fingerprint density at radius 2 is 2.00 bits per heavy atom. The number of benzene rings is 2. The number of aromatic nitrogens is 4. The monoisotopic (exact) mass is 493 g/mol. The van der Waals surface area contributed by atoms with Gasteiger partial charge in [0.05, 0.1) is 21.5 Å². The molecule has 0 unspecified atom stereocenters. The van der Waals surface area contributed by atoms with Gasteiger partial charge in [0.2, 0.25) is 5.91 Å². The van der Waals surface area contributed by atoms with Gasteiger partial charge in [0.25, 0.3) is 0 Å². The lowest BCUT2D eigenvalue weighted by Gasteiger charge is -2.11. The third-order valence-corrected chi connectivity index (χ3v) is 6.43. The number of para-hydroxylation sites is 1. The Balaban J connectivity index is 1.35. The molecule has 1 N–H and O–H groups in total. The van der Waals surface area contributed by atoms with Gasteiger partial charge < -0.3 is 14.6 Å². The average molecular weight is 494 g/mol. The number of hydrogen-bond acceptors (Lipinski definition) is 7. The van der Waals surface area contributed by atoms with E-state index in [2.05, 4.69) is 20.5 Å². The van der Waals surface area contributed by atoms with Crippen molar-refractivity contribution in [3.05, 3.63) is 59.9 Å². The number of alkyl halides is 3. The zero-order chi connectivity index (χ0) is 23.4. The molecular formula is C21H18F3N5O2S2. The fourth-order valence-electron chi connectivity index (χ4n) is 2.97. The number of hydrogen-bond donors (Lipinski definition) is 1. The highest BCUT2D eigenvalue weighted by Gasteiger charge is 2.30. The number of thiazole rings is 1. The van der Waals surface area contributed by atoms with E-state index in [0.29, 0.717) is 22.7 Å². The Labute approximate surface area is 195 Å². The van der Waals surface area contributed by atoms with Crippen LogP contribution in [-0.2, 0) is 24.1 Å². The summed E-state index contributed by atoms with van der Waals surface area (Å²) in [5.41, 5.74) is 0.0360. The van der Waals surface area contributed by atoms with Crippen molar-refractivity contribution in [1.29, 1.82) is 0 Å². The summed E-state index contributed by atoms with van der Waals surface area (Å²) in [7, 11) is 0. The number of carbonyl (C=O) groups is 1. The van der Waals surface area contributed by atoms with Crippen molar-refractivity contribution in [2.45, 2.75) is 31.4 Å². The first-order valence-corrected chi connectivity index (χ1v) is 11.6. The quantitative estimate of drug-likeness (QED) is 0.338. The van der Waals surface area contributed by atoms with Gasteiger partial charge in [-0.3, -0.25) is 4.79 Å². The van der Waals surface area contributed by atoms with E-state index in [4.69, 9.17) is 4.74 Å². The summed E-state index contributed by atoms with van der Waals surface area (Å²) in [5, 5.41) is 12.0. The van der Waals surface area contributed by atoms with Crippen molar-refractivity contribution in [2.75, 3.05) is 11.1 Å². The first kappa shape index (κ1) is 23.1. The van der Waals surface area contributed by atoms with Crippen LogP contribution < -0.4 is 10.1 Å². The Kier molecular flexibility index (Phi) is 6.84. The highest BCUT2D eigenvalue weighted by atomic mass is 32.2. The lowest BCUT2D eigenvalue weighted by molar-refractivity contribution is -0.137. The molecule has 0 aliphatic rings. The van der Waals surface area contributed by atoms with Crippen molar-refractivity contribution < 1.29 is 22.7 Å². The number of nitrogens with one attached hydrogen (secondary N) is 1. The number of carbonyl (C=O) groups excluding carboxylic acids is 1. The van der Waals surface area contributed by atoms with Gasteiger partial charge in [-0.2, -0.15) is 13.2 Å². The van der Waals surface area contributed by atoms with E-state index < -0.39 is 11.7 Å². The summed E-state index contributed by atoms with van der Waals surface area (Å²) < 4.78 is 46.9. The normalized spacial score (nSPS) is 11.6. The molecule has 0 spiro atoms. The van der Waals surface area contributed by atoms with Crippen molar-refractivity contribution in [2.24, 2.45) is 0 Å². The lowest BCUT2D eigenvalue weighted by Crippen LogP contribution is -2.14. The molecule has 2 aromatic heterocycles. The molecule has 172 valence electrons. The van der Waals surface area contributed by atoms with Crippen LogP contribution in [-0.4, -0.2) is 31.4 Å². The standard InChI is InChI=1S/C21H18F3N5O2S2/c1-2-29-17(11-31-14-7-5-6-13(10-14)21(22,23)24)27-28-20(29)32-12-18(30)26-19-25-15-8-3-4-9-16(15)33-19/h3-10H,2,11-12H2,1H3,(H,25,26,30). The minimum atomic E-state index is -4.45. The minimum Gasteiger partial charge on any atom is -0.486 e. The summed E-state index contributed by atoms with van der Waals surface area (Å²) >= 11 is 2.60. The van der Waals surface area contributed by atoms with E-state index in [9.17, 15) is 18.0 Å². The molecular weight excluding hydrogens is 475 g/mol. The molecule has 2 heterocycles. The summed E-state index contributed by atoms with van der Waals surface area (Å²) in [6.45, 7) is 2.33. The second kappa shape index (κ2) is 9.79. The first-order valence-electron chi connectivity index (χ1n) is 9.84. The Morgan fingerprint density at radius 1 is 1.18 bits per heavy atom. The number of amides is 1. The van der Waals surface area contributed by atoms with E-state index in [-0.39, 0.29) is 24.0 Å². The molecule has 0 aliphatic heterocycles. The zero-order valence-corrected chi connectivity index (χ0v) is 18.9. The van der Waals surface area contributed by atoms with Gasteiger partial charge in [-0.15, -0.1) is 10.2 Å². The van der Waals surface area contributed by atoms with E-state index in [1.54, 1.807) is 4.57 Å². The molecule has 0 saturated carbocycles. The van der Waals surface area contributed by atoms with Crippen LogP contribution in [0.25, 0.3) is 10.2 Å². The summed E-state index contributed by atoms with van der Waals surface area (Å²) in [6, 6.07) is 12.3. The molecule has 7 nitrogen and oxygen atoms in total. The molecule has 0 atom stereocenters. The van der Waals surface area contributed by atoms with Crippen molar-refractivity contribution >= 4 is 44.4 Å². The molecule has 0 aliphatic carbocycles. The molecule has 0 fully saturated rings. The van der Waals surface area contributed by atoms with Crippen molar-refractivity contribution in [1.82, 2.24) is 19.7 Å². The smallest absolute Gasteiger partial charge is 0.416 e. The molecule has 0 bridgehead atoms. The third kappa shape index (κ3) is 5.63. The van der Waals surface area contributed by atoms with Gasteiger partial charge in [-0.1, -0.05) is 41.3 Å². The van der Waals surface area contributed by atoms with Gasteiger partial charge in [0.1, 0.15) is 12.4 Å². The SMILES string of the molecule is CCn1c(COc2cccc(C(F)(F)F)c2)nnc1SCC(=O)Nc1nc2ccccc2s1. The van der Waals surface area contributed by atoms with E-state index in [0.717, 1.165) is 22.3 Å². The van der Waals surface area contributed by atoms with E-state index >= 15 is 0 Å². The van der Waals surface area contributed by atoms with E-state index in [1.165, 1.54) is 35.2 Å². The molecule has 1 amide bonds. The largest absolute Gasteiger partial charge is 0.486 e. The van der Waals surface area contributed by atoms with Crippen LogP contribution in [0.4, 0.5) is 18.3 Å². The second-order valence-electron chi connectivity index (χ2n) is 6.78. The van der Waals surface area contributed by atoms with Crippen LogP contribution in [0.5, 0.6) is 5.75 Å². The summed E-state index contributed by atoms with van der Waals surface area (Å²) in [5.74, 6) is 0.401. The number of thioether (sulfide) groups is 1. The average Bonchev–Trinajstić information content (AvgIpc) is 3.38. The maximum Gasteiger partial charge on any atom is 0.416 e. The number of halogens is 3. The highest BCUT2D eigenvalue weighted by molar-refractivity contribution is 7.99. The highest BCUT2D eigenvalue weighted by Crippen LogP contribution is 2.31. The predicted molar refractivity (Wildman–Crippen MR) is 120 cm³/mol. The Hall–Kier alpha value is -3.12. The van der Waals surface area contributed by atoms with Crippen LogP contribution in [0.3, 0.4) is 0 Å². The maximum atomic E-state index is 12.9. The summed E-state index contributed by atoms with van der Waals surface area (Å²) in [6.07, 6.45) is -4.45. The van der Waals surface area contributed by atoms with Crippen molar-refractivity contribution in [3.63, 3.8) is 0 Å².